The zero-order valence-corrected chi connectivity index (χ0v) is 14.0. The first-order chi connectivity index (χ1) is 9.56. The van der Waals surface area contributed by atoms with Gasteiger partial charge >= 0.3 is 0 Å². The maximum atomic E-state index is 6.22. The van der Waals surface area contributed by atoms with E-state index in [4.69, 9.17) is 27.9 Å². The molecular formula is C16H13BrCl2O. The summed E-state index contributed by atoms with van der Waals surface area (Å²) in [4.78, 5) is 0.0196. The average molecular weight is 372 g/mol. The molecule has 1 aliphatic heterocycles. The minimum Gasteiger partial charge on any atom is -0.493 e. The summed E-state index contributed by atoms with van der Waals surface area (Å²) < 4.78 is 5.76. The Morgan fingerprint density at radius 3 is 2.75 bits per heavy atom. The van der Waals surface area contributed by atoms with Gasteiger partial charge in [0.2, 0.25) is 0 Å². The minimum atomic E-state index is 0.0196. The largest absolute Gasteiger partial charge is 0.493 e. The molecule has 0 saturated heterocycles. The summed E-state index contributed by atoms with van der Waals surface area (Å²) >= 11 is 16.2. The molecule has 0 saturated carbocycles. The first-order valence-electron chi connectivity index (χ1n) is 6.41. The van der Waals surface area contributed by atoms with Gasteiger partial charge in [-0.3, -0.25) is 0 Å². The van der Waals surface area contributed by atoms with E-state index in [1.165, 1.54) is 5.56 Å². The van der Waals surface area contributed by atoms with Crippen LogP contribution in [0.15, 0.2) is 30.3 Å². The third-order valence-corrected chi connectivity index (χ3v) is 5.19. The zero-order valence-electron chi connectivity index (χ0n) is 10.9. The number of alkyl halides is 1. The number of hydrogen-bond acceptors (Lipinski definition) is 1. The molecule has 4 heteroatoms. The molecule has 0 N–H and O–H groups in total. The molecule has 0 amide bonds. The Balaban J connectivity index is 2.06. The molecule has 0 radical (unpaired) electrons. The molecule has 0 fully saturated rings. The fourth-order valence-corrected chi connectivity index (χ4v) is 3.50. The number of halogens is 3. The van der Waals surface area contributed by atoms with Gasteiger partial charge in [-0.2, -0.15) is 0 Å². The third kappa shape index (κ3) is 2.57. The number of benzene rings is 2. The zero-order chi connectivity index (χ0) is 14.3. The normalized spacial score (nSPS) is 14.8. The van der Waals surface area contributed by atoms with Crippen molar-refractivity contribution in [3.8, 4) is 5.75 Å². The third-order valence-electron chi connectivity index (χ3n) is 3.54. The molecule has 20 heavy (non-hydrogen) atoms. The van der Waals surface area contributed by atoms with E-state index >= 15 is 0 Å². The Hall–Kier alpha value is -0.700. The second-order valence-corrected chi connectivity index (χ2v) is 6.71. The highest BCUT2D eigenvalue weighted by Gasteiger charge is 2.23. The van der Waals surface area contributed by atoms with Crippen LogP contribution in [0.5, 0.6) is 5.75 Å². The van der Waals surface area contributed by atoms with E-state index < -0.39 is 0 Å². The van der Waals surface area contributed by atoms with E-state index in [1.54, 1.807) is 0 Å². The molecule has 1 heterocycles. The van der Waals surface area contributed by atoms with Crippen molar-refractivity contribution in [2.45, 2.75) is 18.2 Å². The number of rotatable bonds is 2. The van der Waals surface area contributed by atoms with Gasteiger partial charge in [-0.15, -0.1) is 0 Å². The van der Waals surface area contributed by atoms with Crippen molar-refractivity contribution in [2.75, 3.05) is 6.61 Å². The molecule has 2 aromatic carbocycles. The highest BCUT2D eigenvalue weighted by atomic mass is 79.9. The minimum absolute atomic E-state index is 0.0196. The summed E-state index contributed by atoms with van der Waals surface area (Å²) in [6, 6.07) is 10.0. The summed E-state index contributed by atoms with van der Waals surface area (Å²) in [5.74, 6) is 0.952. The van der Waals surface area contributed by atoms with Crippen molar-refractivity contribution < 1.29 is 4.74 Å². The monoisotopic (exact) mass is 370 g/mol. The first-order valence-corrected chi connectivity index (χ1v) is 8.08. The molecule has 104 valence electrons. The molecular weight excluding hydrogens is 359 g/mol. The van der Waals surface area contributed by atoms with Crippen LogP contribution in [0.3, 0.4) is 0 Å². The van der Waals surface area contributed by atoms with Crippen molar-refractivity contribution in [3.63, 3.8) is 0 Å². The van der Waals surface area contributed by atoms with Crippen LogP contribution in [0.1, 0.15) is 27.1 Å². The predicted octanol–water partition coefficient (Wildman–Crippen LogP) is 5.72. The second kappa shape index (κ2) is 5.59. The van der Waals surface area contributed by atoms with E-state index in [1.807, 2.05) is 31.2 Å². The van der Waals surface area contributed by atoms with Crippen molar-refractivity contribution in [2.24, 2.45) is 0 Å². The molecule has 0 aromatic heterocycles. The number of hydrogen-bond donors (Lipinski definition) is 0. The smallest absolute Gasteiger partial charge is 0.127 e. The maximum absolute atomic E-state index is 6.22. The first kappa shape index (κ1) is 14.2. The van der Waals surface area contributed by atoms with Crippen molar-refractivity contribution in [1.29, 1.82) is 0 Å². The molecule has 1 nitrogen and oxygen atoms in total. The Bertz CT molecular complexity index is 670. The summed E-state index contributed by atoms with van der Waals surface area (Å²) in [5.41, 5.74) is 4.41. The summed E-state index contributed by atoms with van der Waals surface area (Å²) in [5, 5.41) is 1.51. The number of fused-ring (bicyclic) bond motifs is 1. The van der Waals surface area contributed by atoms with Gasteiger partial charge in [-0.25, -0.2) is 0 Å². The van der Waals surface area contributed by atoms with E-state index in [0.717, 1.165) is 45.5 Å². The van der Waals surface area contributed by atoms with Crippen LogP contribution >= 0.6 is 39.1 Å². The van der Waals surface area contributed by atoms with Crippen molar-refractivity contribution in [3.05, 3.63) is 62.6 Å². The van der Waals surface area contributed by atoms with E-state index in [-0.39, 0.29) is 4.83 Å². The van der Waals surface area contributed by atoms with Crippen LogP contribution in [0.2, 0.25) is 10.0 Å². The standard InChI is InChI=1S/C16H13BrCl2O/c1-9-2-3-10(7-14(9)19)15(17)13-8-12(18)6-11-4-5-20-16(11)13/h2-3,6-8,15H,4-5H2,1H3. The topological polar surface area (TPSA) is 9.23 Å². The van der Waals surface area contributed by atoms with Gasteiger partial charge in [0.1, 0.15) is 5.75 Å². The SMILES string of the molecule is Cc1ccc(C(Br)c2cc(Cl)cc3c2OCC3)cc1Cl. The summed E-state index contributed by atoms with van der Waals surface area (Å²) in [6.07, 6.45) is 0.914. The fraction of sp³-hybridized carbons (Fsp3) is 0.250. The molecule has 1 unspecified atom stereocenters. The van der Waals surface area contributed by atoms with Gasteiger partial charge in [-0.05, 0) is 41.8 Å². The summed E-state index contributed by atoms with van der Waals surface area (Å²) in [7, 11) is 0. The van der Waals surface area contributed by atoms with Crippen LogP contribution in [-0.4, -0.2) is 6.61 Å². The highest BCUT2D eigenvalue weighted by Crippen LogP contribution is 2.43. The molecule has 2 aromatic rings. The van der Waals surface area contributed by atoms with Crippen LogP contribution in [0, 0.1) is 6.92 Å². The van der Waals surface area contributed by atoms with Crippen LogP contribution in [0.25, 0.3) is 0 Å². The van der Waals surface area contributed by atoms with Crippen molar-refractivity contribution >= 4 is 39.1 Å². The second-order valence-electron chi connectivity index (χ2n) is 4.95. The van der Waals surface area contributed by atoms with Gasteiger partial charge in [0.25, 0.3) is 0 Å². The Morgan fingerprint density at radius 2 is 2.00 bits per heavy atom. The molecule has 0 bridgehead atoms. The van der Waals surface area contributed by atoms with Crippen LogP contribution < -0.4 is 4.74 Å². The molecule has 1 aliphatic rings. The van der Waals surface area contributed by atoms with E-state index in [9.17, 15) is 0 Å². The van der Waals surface area contributed by atoms with E-state index in [0.29, 0.717) is 0 Å². The van der Waals surface area contributed by atoms with E-state index in [2.05, 4.69) is 22.0 Å². The van der Waals surface area contributed by atoms with Gasteiger partial charge < -0.3 is 4.74 Å². The molecule has 1 atom stereocenters. The predicted molar refractivity (Wildman–Crippen MR) is 87.6 cm³/mol. The lowest BCUT2D eigenvalue weighted by atomic mass is 10.00. The lowest BCUT2D eigenvalue weighted by Gasteiger charge is -2.16. The average Bonchev–Trinajstić information content (AvgIpc) is 2.88. The summed E-state index contributed by atoms with van der Waals surface area (Å²) in [6.45, 7) is 2.71. The van der Waals surface area contributed by atoms with Gasteiger partial charge in [-0.1, -0.05) is 51.3 Å². The van der Waals surface area contributed by atoms with Crippen LogP contribution in [-0.2, 0) is 6.42 Å². The number of ether oxygens (including phenoxy) is 1. The number of aryl methyl sites for hydroxylation is 1. The van der Waals surface area contributed by atoms with Gasteiger partial charge in [0.15, 0.2) is 0 Å². The Morgan fingerprint density at radius 1 is 1.20 bits per heavy atom. The maximum Gasteiger partial charge on any atom is 0.127 e. The quantitative estimate of drug-likeness (QED) is 0.613. The Kier molecular flexibility index (Phi) is 3.98. The Labute approximate surface area is 137 Å². The van der Waals surface area contributed by atoms with Crippen molar-refractivity contribution in [1.82, 2.24) is 0 Å². The molecule has 0 spiro atoms. The molecule has 3 rings (SSSR count). The van der Waals surface area contributed by atoms with Crippen LogP contribution in [0.4, 0.5) is 0 Å². The van der Waals surface area contributed by atoms with Gasteiger partial charge in [0.05, 0.1) is 11.4 Å². The lowest BCUT2D eigenvalue weighted by Crippen LogP contribution is -1.97. The molecule has 0 aliphatic carbocycles. The van der Waals surface area contributed by atoms with Gasteiger partial charge in [0, 0.05) is 22.0 Å². The fourth-order valence-electron chi connectivity index (χ4n) is 2.43. The highest BCUT2D eigenvalue weighted by molar-refractivity contribution is 9.09. The lowest BCUT2D eigenvalue weighted by molar-refractivity contribution is 0.354.